The fourth-order valence-corrected chi connectivity index (χ4v) is 3.48. The number of ether oxygens (including phenoxy) is 2. The maximum absolute atomic E-state index is 12.8. The number of nitrogens with zero attached hydrogens (tertiary/aromatic N) is 2. The van der Waals surface area contributed by atoms with Crippen LogP contribution in [0.5, 0.6) is 11.5 Å². The fraction of sp³-hybridized carbons (Fsp3) is 0.250. The van der Waals surface area contributed by atoms with Crippen LogP contribution in [-0.2, 0) is 13.0 Å². The molecule has 7 heteroatoms. The molecule has 0 saturated carbocycles. The maximum Gasteiger partial charge on any atom is 0.251 e. The number of nitrogens with one attached hydrogen (secondary N) is 1. The molecule has 0 saturated heterocycles. The van der Waals surface area contributed by atoms with Crippen molar-refractivity contribution in [3.05, 3.63) is 94.5 Å². The summed E-state index contributed by atoms with van der Waals surface area (Å²) < 4.78 is 11.4. The largest absolute Gasteiger partial charge is 0.490 e. The Morgan fingerprint density at radius 1 is 0.943 bits per heavy atom. The fourth-order valence-electron chi connectivity index (χ4n) is 3.48. The summed E-state index contributed by atoms with van der Waals surface area (Å²) in [6, 6.07) is 23.1. The standard InChI is InChI=1S/C28H27N3O4/c1-19(2)35-27-11-9-22(14-24(27)16-30)28(33)31-25(17-32)13-21-8-10-26(23(12-21)15-29)34-18-20-6-4-3-5-7-20/h3-12,14,19,25,32H,13,17-18H2,1-2H3,(H,31,33)/t25-/m0/s1. The molecule has 0 radical (unpaired) electrons. The summed E-state index contributed by atoms with van der Waals surface area (Å²) in [5.74, 6) is 0.466. The van der Waals surface area contributed by atoms with Gasteiger partial charge in [-0.3, -0.25) is 4.79 Å². The van der Waals surface area contributed by atoms with E-state index in [4.69, 9.17) is 9.47 Å². The molecule has 1 atom stereocenters. The number of nitriles is 2. The van der Waals surface area contributed by atoms with Crippen molar-refractivity contribution >= 4 is 5.91 Å². The molecule has 2 N–H and O–H groups in total. The molecule has 0 heterocycles. The molecule has 0 spiro atoms. The highest BCUT2D eigenvalue weighted by molar-refractivity contribution is 5.95. The monoisotopic (exact) mass is 469 g/mol. The van der Waals surface area contributed by atoms with Crippen LogP contribution in [0.1, 0.15) is 46.5 Å². The molecule has 35 heavy (non-hydrogen) atoms. The van der Waals surface area contributed by atoms with E-state index in [0.717, 1.165) is 11.1 Å². The molecule has 0 aliphatic carbocycles. The second kappa shape index (κ2) is 12.2. The van der Waals surface area contributed by atoms with E-state index >= 15 is 0 Å². The number of aliphatic hydroxyl groups is 1. The zero-order valence-corrected chi connectivity index (χ0v) is 19.7. The van der Waals surface area contributed by atoms with Crippen molar-refractivity contribution < 1.29 is 19.4 Å². The van der Waals surface area contributed by atoms with Crippen LogP contribution in [-0.4, -0.2) is 29.8 Å². The van der Waals surface area contributed by atoms with Crippen molar-refractivity contribution in [3.8, 4) is 23.6 Å². The first kappa shape index (κ1) is 25.3. The number of rotatable bonds is 10. The van der Waals surface area contributed by atoms with E-state index < -0.39 is 11.9 Å². The highest BCUT2D eigenvalue weighted by atomic mass is 16.5. The molecule has 3 aromatic carbocycles. The summed E-state index contributed by atoms with van der Waals surface area (Å²) in [6.45, 7) is 3.76. The van der Waals surface area contributed by atoms with Gasteiger partial charge >= 0.3 is 0 Å². The minimum Gasteiger partial charge on any atom is -0.490 e. The lowest BCUT2D eigenvalue weighted by Crippen LogP contribution is -2.39. The van der Waals surface area contributed by atoms with Crippen LogP contribution in [0.3, 0.4) is 0 Å². The highest BCUT2D eigenvalue weighted by Crippen LogP contribution is 2.23. The summed E-state index contributed by atoms with van der Waals surface area (Å²) >= 11 is 0. The lowest BCUT2D eigenvalue weighted by atomic mass is 10.0. The summed E-state index contributed by atoms with van der Waals surface area (Å²) in [6.07, 6.45) is 0.212. The van der Waals surface area contributed by atoms with E-state index in [1.165, 1.54) is 6.07 Å². The van der Waals surface area contributed by atoms with Crippen LogP contribution in [0, 0.1) is 22.7 Å². The van der Waals surface area contributed by atoms with Crippen molar-refractivity contribution in [2.45, 2.75) is 39.0 Å². The van der Waals surface area contributed by atoms with E-state index in [2.05, 4.69) is 11.4 Å². The number of hydrogen-bond acceptors (Lipinski definition) is 6. The number of amides is 1. The van der Waals surface area contributed by atoms with Crippen LogP contribution in [0.4, 0.5) is 0 Å². The average molecular weight is 470 g/mol. The SMILES string of the molecule is CC(C)Oc1ccc(C(=O)N[C@H](CO)Cc2ccc(OCc3ccccc3)c(C#N)c2)cc1C#N. The van der Waals surface area contributed by atoms with Gasteiger partial charge in [0.1, 0.15) is 30.2 Å². The smallest absolute Gasteiger partial charge is 0.251 e. The highest BCUT2D eigenvalue weighted by Gasteiger charge is 2.17. The van der Waals surface area contributed by atoms with Gasteiger partial charge in [-0.2, -0.15) is 10.5 Å². The van der Waals surface area contributed by atoms with Gasteiger partial charge in [0.25, 0.3) is 5.91 Å². The molecule has 0 fully saturated rings. The number of hydrogen-bond donors (Lipinski definition) is 2. The molecule has 0 bridgehead atoms. The third kappa shape index (κ3) is 7.07. The van der Waals surface area contributed by atoms with Gasteiger partial charge in [0.15, 0.2) is 0 Å². The second-order valence-electron chi connectivity index (χ2n) is 8.26. The number of benzene rings is 3. The Bertz CT molecular complexity index is 1240. The zero-order valence-electron chi connectivity index (χ0n) is 19.7. The van der Waals surface area contributed by atoms with Crippen molar-refractivity contribution in [1.29, 1.82) is 10.5 Å². The Morgan fingerprint density at radius 3 is 2.29 bits per heavy atom. The number of carbonyl (C=O) groups excluding carboxylic acids is 1. The van der Waals surface area contributed by atoms with E-state index in [0.29, 0.717) is 35.7 Å². The quantitative estimate of drug-likeness (QED) is 0.461. The van der Waals surface area contributed by atoms with Gasteiger partial charge < -0.3 is 19.9 Å². The Hall–Kier alpha value is -4.33. The van der Waals surface area contributed by atoms with Gasteiger partial charge in [-0.25, -0.2) is 0 Å². The summed E-state index contributed by atoms with van der Waals surface area (Å²) in [4.78, 5) is 12.8. The molecular weight excluding hydrogens is 442 g/mol. The molecule has 0 aliphatic heterocycles. The van der Waals surface area contributed by atoms with Gasteiger partial charge in [-0.05, 0) is 61.7 Å². The Balaban J connectivity index is 1.67. The molecule has 0 unspecified atom stereocenters. The Labute approximate surface area is 205 Å². The van der Waals surface area contributed by atoms with Gasteiger partial charge in [-0.1, -0.05) is 36.4 Å². The minimum atomic E-state index is -0.581. The van der Waals surface area contributed by atoms with Crippen molar-refractivity contribution in [1.82, 2.24) is 5.32 Å². The maximum atomic E-state index is 12.8. The van der Waals surface area contributed by atoms with E-state index in [1.54, 1.807) is 24.3 Å². The van der Waals surface area contributed by atoms with Gasteiger partial charge in [-0.15, -0.1) is 0 Å². The van der Waals surface area contributed by atoms with Crippen molar-refractivity contribution in [2.75, 3.05) is 6.61 Å². The molecule has 7 nitrogen and oxygen atoms in total. The predicted molar refractivity (Wildman–Crippen MR) is 131 cm³/mol. The van der Waals surface area contributed by atoms with Crippen LogP contribution in [0.15, 0.2) is 66.7 Å². The molecule has 1 amide bonds. The lowest BCUT2D eigenvalue weighted by molar-refractivity contribution is 0.0916. The predicted octanol–water partition coefficient (Wildman–Crippen LogP) is 4.13. The first-order chi connectivity index (χ1) is 16.9. The normalized spacial score (nSPS) is 11.3. The third-order valence-electron chi connectivity index (χ3n) is 5.16. The van der Waals surface area contributed by atoms with Gasteiger partial charge in [0.05, 0.1) is 29.9 Å². The Morgan fingerprint density at radius 2 is 1.63 bits per heavy atom. The lowest BCUT2D eigenvalue weighted by Gasteiger charge is -2.18. The first-order valence-electron chi connectivity index (χ1n) is 11.3. The molecule has 3 rings (SSSR count). The van der Waals surface area contributed by atoms with E-state index in [9.17, 15) is 20.4 Å². The van der Waals surface area contributed by atoms with Crippen LogP contribution in [0.2, 0.25) is 0 Å². The topological polar surface area (TPSA) is 115 Å². The molecular formula is C28H27N3O4. The number of aliphatic hydroxyl groups excluding tert-OH is 1. The van der Waals surface area contributed by atoms with Gasteiger partial charge in [0, 0.05) is 5.56 Å². The zero-order chi connectivity index (χ0) is 25.2. The first-order valence-corrected chi connectivity index (χ1v) is 11.3. The molecule has 0 aromatic heterocycles. The van der Waals surface area contributed by atoms with Gasteiger partial charge in [0.2, 0.25) is 0 Å². The molecule has 178 valence electrons. The summed E-state index contributed by atoms with van der Waals surface area (Å²) in [5, 5.41) is 31.6. The van der Waals surface area contributed by atoms with Crippen molar-refractivity contribution in [3.63, 3.8) is 0 Å². The third-order valence-corrected chi connectivity index (χ3v) is 5.16. The number of carbonyl (C=O) groups is 1. The van der Waals surface area contributed by atoms with E-state index in [1.807, 2.05) is 56.3 Å². The van der Waals surface area contributed by atoms with E-state index in [-0.39, 0.29) is 18.3 Å². The minimum absolute atomic E-state index is 0.103. The van der Waals surface area contributed by atoms with Crippen LogP contribution >= 0.6 is 0 Å². The van der Waals surface area contributed by atoms with Crippen molar-refractivity contribution in [2.24, 2.45) is 0 Å². The summed E-state index contributed by atoms with van der Waals surface area (Å²) in [5.41, 5.74) is 2.69. The Kier molecular flexibility index (Phi) is 8.83. The second-order valence-corrected chi connectivity index (χ2v) is 8.26. The van der Waals surface area contributed by atoms with Crippen LogP contribution < -0.4 is 14.8 Å². The summed E-state index contributed by atoms with van der Waals surface area (Å²) in [7, 11) is 0. The average Bonchev–Trinajstić information content (AvgIpc) is 2.87. The molecule has 0 aliphatic rings. The molecule has 3 aromatic rings. The van der Waals surface area contributed by atoms with Crippen LogP contribution in [0.25, 0.3) is 0 Å².